The first kappa shape index (κ1) is 13.2. The third-order valence-corrected chi connectivity index (χ3v) is 4.30. The van der Waals surface area contributed by atoms with Crippen LogP contribution in [0.1, 0.15) is 12.5 Å². The molecule has 0 spiro atoms. The Hall–Kier alpha value is -1.75. The van der Waals surface area contributed by atoms with Crippen molar-refractivity contribution < 1.29 is 4.74 Å². The number of rotatable bonds is 3. The topological polar surface area (TPSA) is 52.3 Å². The van der Waals surface area contributed by atoms with Gasteiger partial charge in [-0.15, -0.1) is 11.3 Å². The van der Waals surface area contributed by atoms with E-state index in [-0.39, 0.29) is 11.7 Å². The summed E-state index contributed by atoms with van der Waals surface area (Å²) in [4.78, 5) is 12.5. The molecular formula is C16H15NO2S. The van der Waals surface area contributed by atoms with Gasteiger partial charge in [0.15, 0.2) is 5.43 Å². The van der Waals surface area contributed by atoms with E-state index < -0.39 is 0 Å². The molecule has 0 amide bonds. The summed E-state index contributed by atoms with van der Waals surface area (Å²) in [7, 11) is 0. The van der Waals surface area contributed by atoms with Crippen LogP contribution in [0.2, 0.25) is 0 Å². The predicted molar refractivity (Wildman–Crippen MR) is 84.0 cm³/mol. The van der Waals surface area contributed by atoms with Gasteiger partial charge in [-0.3, -0.25) is 4.79 Å². The van der Waals surface area contributed by atoms with Crippen LogP contribution in [0.5, 0.6) is 0 Å². The largest absolute Gasteiger partial charge is 0.359 e. The third-order valence-electron chi connectivity index (χ3n) is 3.15. The summed E-state index contributed by atoms with van der Waals surface area (Å²) in [5.41, 5.74) is 6.62. The minimum absolute atomic E-state index is 0.0806. The lowest BCUT2D eigenvalue weighted by Gasteiger charge is -2.08. The van der Waals surface area contributed by atoms with Crippen LogP contribution in [0.4, 0.5) is 0 Å². The van der Waals surface area contributed by atoms with Crippen LogP contribution in [0, 0.1) is 0 Å². The maximum absolute atomic E-state index is 12.5. The second kappa shape index (κ2) is 5.32. The number of ether oxygens (including phenoxy) is 1. The monoisotopic (exact) mass is 285 g/mol. The normalized spacial score (nSPS) is 12.9. The Morgan fingerprint density at radius 2 is 1.90 bits per heavy atom. The molecule has 3 rings (SSSR count). The van der Waals surface area contributed by atoms with E-state index >= 15 is 0 Å². The summed E-state index contributed by atoms with van der Waals surface area (Å²) >= 11 is 1.63. The highest BCUT2D eigenvalue weighted by Gasteiger charge is 2.06. The summed E-state index contributed by atoms with van der Waals surface area (Å²) in [6.07, 6.45) is -0.308. The molecular weight excluding hydrogens is 270 g/mol. The maximum atomic E-state index is 12.5. The standard InChI is InChI=1S/C16H15NO2S/c1-10(17)19-9-11-6-7-15-13(8-11)16(18)12-4-2-3-5-14(12)20-15/h2-8,10H,9,17H2,1H3. The molecule has 2 N–H and O–H groups in total. The van der Waals surface area contributed by atoms with Crippen LogP contribution in [0.25, 0.3) is 20.2 Å². The van der Waals surface area contributed by atoms with Gasteiger partial charge in [0.2, 0.25) is 0 Å². The van der Waals surface area contributed by atoms with Crippen LogP contribution >= 0.6 is 11.3 Å². The van der Waals surface area contributed by atoms with Gasteiger partial charge < -0.3 is 10.5 Å². The lowest BCUT2D eigenvalue weighted by atomic mass is 10.1. The van der Waals surface area contributed by atoms with Crippen molar-refractivity contribution in [3.05, 3.63) is 58.3 Å². The van der Waals surface area contributed by atoms with Crippen molar-refractivity contribution in [1.82, 2.24) is 0 Å². The van der Waals surface area contributed by atoms with E-state index in [0.717, 1.165) is 25.7 Å². The maximum Gasteiger partial charge on any atom is 0.195 e. The van der Waals surface area contributed by atoms with Crippen LogP contribution in [-0.4, -0.2) is 6.23 Å². The van der Waals surface area contributed by atoms with Crippen molar-refractivity contribution >= 4 is 31.5 Å². The fraction of sp³-hybridized carbons (Fsp3) is 0.188. The van der Waals surface area contributed by atoms with Gasteiger partial charge in [0.25, 0.3) is 0 Å². The van der Waals surface area contributed by atoms with Crippen molar-refractivity contribution in [2.75, 3.05) is 0 Å². The molecule has 0 radical (unpaired) electrons. The molecule has 0 bridgehead atoms. The zero-order chi connectivity index (χ0) is 14.1. The van der Waals surface area contributed by atoms with Gasteiger partial charge in [-0.05, 0) is 36.8 Å². The average molecular weight is 285 g/mol. The summed E-state index contributed by atoms with van der Waals surface area (Å²) in [6.45, 7) is 2.21. The number of nitrogens with two attached hydrogens (primary N) is 1. The Balaban J connectivity index is 2.16. The molecule has 2 aromatic carbocycles. The van der Waals surface area contributed by atoms with Crippen molar-refractivity contribution in [3.63, 3.8) is 0 Å². The molecule has 0 aliphatic rings. The van der Waals surface area contributed by atoms with Crippen molar-refractivity contribution in [3.8, 4) is 0 Å². The first-order valence-electron chi connectivity index (χ1n) is 6.47. The second-order valence-corrected chi connectivity index (χ2v) is 5.86. The summed E-state index contributed by atoms with van der Waals surface area (Å²) in [5.74, 6) is 0. The van der Waals surface area contributed by atoms with Crippen LogP contribution in [-0.2, 0) is 11.3 Å². The average Bonchev–Trinajstić information content (AvgIpc) is 2.46. The molecule has 1 atom stereocenters. The Bertz CT molecular complexity index is 823. The van der Waals surface area contributed by atoms with E-state index in [1.54, 1.807) is 18.3 Å². The molecule has 102 valence electrons. The van der Waals surface area contributed by atoms with E-state index in [9.17, 15) is 4.79 Å². The quantitative estimate of drug-likeness (QED) is 0.593. The smallest absolute Gasteiger partial charge is 0.195 e. The molecule has 0 aliphatic carbocycles. The van der Waals surface area contributed by atoms with Gasteiger partial charge in [0.05, 0.1) is 6.61 Å². The molecule has 1 heterocycles. The molecule has 0 saturated carbocycles. The van der Waals surface area contributed by atoms with Gasteiger partial charge in [0.1, 0.15) is 6.23 Å². The fourth-order valence-electron chi connectivity index (χ4n) is 2.17. The summed E-state index contributed by atoms with van der Waals surface area (Å²) in [5, 5.41) is 1.52. The van der Waals surface area contributed by atoms with Crippen LogP contribution < -0.4 is 11.2 Å². The Morgan fingerprint density at radius 3 is 2.70 bits per heavy atom. The van der Waals surface area contributed by atoms with Gasteiger partial charge in [-0.2, -0.15) is 0 Å². The first-order valence-corrected chi connectivity index (χ1v) is 7.28. The summed E-state index contributed by atoms with van der Waals surface area (Å²) in [6, 6.07) is 13.6. The highest BCUT2D eigenvalue weighted by Crippen LogP contribution is 2.25. The second-order valence-electron chi connectivity index (χ2n) is 4.77. The molecule has 1 unspecified atom stereocenters. The van der Waals surface area contributed by atoms with Crippen LogP contribution in [0.15, 0.2) is 47.3 Å². The minimum atomic E-state index is -0.308. The number of hydrogen-bond acceptors (Lipinski definition) is 4. The molecule has 0 saturated heterocycles. The molecule has 0 aliphatic heterocycles. The van der Waals surface area contributed by atoms with E-state index in [0.29, 0.717) is 6.61 Å². The highest BCUT2D eigenvalue weighted by molar-refractivity contribution is 7.24. The zero-order valence-electron chi connectivity index (χ0n) is 11.1. The Morgan fingerprint density at radius 1 is 1.15 bits per heavy atom. The van der Waals surface area contributed by atoms with Crippen LogP contribution in [0.3, 0.4) is 0 Å². The number of fused-ring (bicyclic) bond motifs is 2. The first-order chi connectivity index (χ1) is 9.65. The predicted octanol–water partition coefficient (Wildman–Crippen LogP) is 3.24. The van der Waals surface area contributed by atoms with Crippen molar-refractivity contribution in [2.45, 2.75) is 19.8 Å². The number of benzene rings is 2. The van der Waals surface area contributed by atoms with E-state index in [2.05, 4.69) is 0 Å². The van der Waals surface area contributed by atoms with Crippen molar-refractivity contribution in [2.24, 2.45) is 5.73 Å². The molecule has 3 nitrogen and oxygen atoms in total. The SMILES string of the molecule is CC(N)OCc1ccc2sc3ccccc3c(=O)c2c1. The summed E-state index contributed by atoms with van der Waals surface area (Å²) < 4.78 is 7.40. The minimum Gasteiger partial charge on any atom is -0.359 e. The fourth-order valence-corrected chi connectivity index (χ4v) is 3.22. The Labute approximate surface area is 120 Å². The highest BCUT2D eigenvalue weighted by atomic mass is 32.1. The van der Waals surface area contributed by atoms with Gasteiger partial charge in [0, 0.05) is 20.2 Å². The molecule has 3 aromatic rings. The van der Waals surface area contributed by atoms with E-state index in [1.807, 2.05) is 42.5 Å². The lowest BCUT2D eigenvalue weighted by Crippen LogP contribution is -2.18. The van der Waals surface area contributed by atoms with Gasteiger partial charge in [-0.1, -0.05) is 18.2 Å². The third kappa shape index (κ3) is 2.45. The van der Waals surface area contributed by atoms with E-state index in [4.69, 9.17) is 10.5 Å². The molecule has 1 aromatic heterocycles. The van der Waals surface area contributed by atoms with Crippen molar-refractivity contribution in [1.29, 1.82) is 0 Å². The Kier molecular flexibility index (Phi) is 3.53. The molecule has 4 heteroatoms. The lowest BCUT2D eigenvalue weighted by molar-refractivity contribution is 0.0577. The number of hydrogen-bond donors (Lipinski definition) is 1. The molecule has 20 heavy (non-hydrogen) atoms. The zero-order valence-corrected chi connectivity index (χ0v) is 11.9. The molecule has 0 fully saturated rings. The van der Waals surface area contributed by atoms with Gasteiger partial charge in [-0.25, -0.2) is 0 Å². The van der Waals surface area contributed by atoms with E-state index in [1.165, 1.54) is 0 Å². The van der Waals surface area contributed by atoms with Gasteiger partial charge >= 0.3 is 0 Å².